The third kappa shape index (κ3) is 2.63. The fraction of sp³-hybridized carbons (Fsp3) is 0.500. The molecule has 1 aliphatic heterocycles. The highest BCUT2D eigenvalue weighted by Crippen LogP contribution is 2.38. The van der Waals surface area contributed by atoms with Gasteiger partial charge in [-0.1, -0.05) is 0 Å². The van der Waals surface area contributed by atoms with Gasteiger partial charge in [0.05, 0.1) is 3.79 Å². The molecule has 1 aliphatic rings. The van der Waals surface area contributed by atoms with Crippen molar-refractivity contribution < 1.29 is 4.79 Å². The molecule has 2 nitrogen and oxygen atoms in total. The first-order valence-corrected chi connectivity index (χ1v) is 7.81. The summed E-state index contributed by atoms with van der Waals surface area (Å²) in [6.45, 7) is 1.69. The molecule has 0 saturated carbocycles. The average molecular weight is 388 g/mol. The fourth-order valence-corrected chi connectivity index (χ4v) is 4.10. The maximum Gasteiger partial charge on any atom is 0.246 e. The highest BCUT2D eigenvalue weighted by atomic mass is 79.9. The summed E-state index contributed by atoms with van der Waals surface area (Å²) in [5.74, 6) is 0.0282. The quantitative estimate of drug-likeness (QED) is 0.698. The van der Waals surface area contributed by atoms with E-state index in [0.717, 1.165) is 39.1 Å². The SMILES string of the molecule is O=C(C(Cl)c1cc(Br)c(Br)s1)N1CCCC1. The topological polar surface area (TPSA) is 20.3 Å². The van der Waals surface area contributed by atoms with Crippen LogP contribution in [0.25, 0.3) is 0 Å². The first-order valence-electron chi connectivity index (χ1n) is 4.97. The molecular formula is C10H10Br2ClNOS. The van der Waals surface area contributed by atoms with Crippen molar-refractivity contribution in [1.29, 1.82) is 0 Å². The van der Waals surface area contributed by atoms with Crippen molar-refractivity contribution in [3.63, 3.8) is 0 Å². The maximum absolute atomic E-state index is 12.0. The molecule has 0 aromatic carbocycles. The van der Waals surface area contributed by atoms with Gasteiger partial charge in [-0.3, -0.25) is 4.79 Å². The second-order valence-electron chi connectivity index (χ2n) is 3.67. The molecule has 0 aliphatic carbocycles. The summed E-state index contributed by atoms with van der Waals surface area (Å²) in [5.41, 5.74) is 0. The molecule has 16 heavy (non-hydrogen) atoms. The molecule has 0 N–H and O–H groups in total. The lowest BCUT2D eigenvalue weighted by molar-refractivity contribution is -0.129. The van der Waals surface area contributed by atoms with Crippen molar-refractivity contribution in [2.75, 3.05) is 13.1 Å². The normalized spacial score (nSPS) is 17.8. The molecule has 2 rings (SSSR count). The van der Waals surface area contributed by atoms with Gasteiger partial charge in [0.15, 0.2) is 0 Å². The van der Waals surface area contributed by atoms with E-state index in [4.69, 9.17) is 11.6 Å². The van der Waals surface area contributed by atoms with Crippen LogP contribution in [-0.4, -0.2) is 23.9 Å². The smallest absolute Gasteiger partial charge is 0.246 e. The number of hydrogen-bond donors (Lipinski definition) is 0. The highest BCUT2D eigenvalue weighted by molar-refractivity contribution is 9.13. The van der Waals surface area contributed by atoms with Crippen molar-refractivity contribution in [1.82, 2.24) is 4.90 Å². The molecule has 1 saturated heterocycles. The zero-order valence-corrected chi connectivity index (χ0v) is 13.1. The maximum atomic E-state index is 12.0. The van der Waals surface area contributed by atoms with Crippen molar-refractivity contribution in [3.05, 3.63) is 19.2 Å². The number of carbonyl (C=O) groups is 1. The zero-order valence-electron chi connectivity index (χ0n) is 8.38. The van der Waals surface area contributed by atoms with Crippen LogP contribution in [0.1, 0.15) is 23.1 Å². The van der Waals surface area contributed by atoms with Crippen molar-refractivity contribution in [2.45, 2.75) is 18.2 Å². The fourth-order valence-electron chi connectivity index (χ4n) is 1.71. The van der Waals surface area contributed by atoms with E-state index in [1.165, 1.54) is 11.3 Å². The van der Waals surface area contributed by atoms with E-state index < -0.39 is 5.38 Å². The Bertz CT molecular complexity index is 384. The Hall–Kier alpha value is 0.420. The summed E-state index contributed by atoms with van der Waals surface area (Å²) in [4.78, 5) is 14.8. The number of rotatable bonds is 2. The predicted molar refractivity (Wildman–Crippen MR) is 74.1 cm³/mol. The molecule has 0 spiro atoms. The number of alkyl halides is 1. The minimum atomic E-state index is -0.550. The zero-order chi connectivity index (χ0) is 11.7. The lowest BCUT2D eigenvalue weighted by Gasteiger charge is -2.17. The summed E-state index contributed by atoms with van der Waals surface area (Å²) in [5, 5.41) is -0.550. The number of halogens is 3. The molecule has 6 heteroatoms. The Morgan fingerprint density at radius 2 is 2.06 bits per heavy atom. The number of nitrogens with zero attached hydrogens (tertiary/aromatic N) is 1. The van der Waals surface area contributed by atoms with Gasteiger partial charge in [-0.2, -0.15) is 0 Å². The van der Waals surface area contributed by atoms with Crippen LogP contribution in [0.2, 0.25) is 0 Å². The van der Waals surface area contributed by atoms with E-state index in [9.17, 15) is 4.79 Å². The lowest BCUT2D eigenvalue weighted by Crippen LogP contribution is -2.30. The minimum Gasteiger partial charge on any atom is -0.341 e. The van der Waals surface area contributed by atoms with E-state index in [0.29, 0.717) is 0 Å². The van der Waals surface area contributed by atoms with Crippen LogP contribution in [0.15, 0.2) is 14.3 Å². The number of likely N-dealkylation sites (tertiary alicyclic amines) is 1. The van der Waals surface area contributed by atoms with Gasteiger partial charge in [0, 0.05) is 22.4 Å². The molecule has 1 atom stereocenters. The minimum absolute atomic E-state index is 0.0282. The van der Waals surface area contributed by atoms with E-state index in [2.05, 4.69) is 31.9 Å². The van der Waals surface area contributed by atoms with Crippen LogP contribution in [0, 0.1) is 0 Å². The Balaban J connectivity index is 2.11. The molecular weight excluding hydrogens is 377 g/mol. The molecule has 1 aromatic rings. The largest absolute Gasteiger partial charge is 0.341 e. The molecule has 0 radical (unpaired) electrons. The van der Waals surface area contributed by atoms with Gasteiger partial charge in [-0.25, -0.2) is 0 Å². The Morgan fingerprint density at radius 3 is 2.56 bits per heavy atom. The van der Waals surface area contributed by atoms with Gasteiger partial charge >= 0.3 is 0 Å². The lowest BCUT2D eigenvalue weighted by atomic mass is 10.3. The van der Waals surface area contributed by atoms with E-state index in [1.807, 2.05) is 11.0 Å². The summed E-state index contributed by atoms with van der Waals surface area (Å²) in [6.07, 6.45) is 2.18. The molecule has 88 valence electrons. The molecule has 1 aromatic heterocycles. The van der Waals surface area contributed by atoms with E-state index >= 15 is 0 Å². The van der Waals surface area contributed by atoms with Gasteiger partial charge in [0.2, 0.25) is 5.91 Å². The predicted octanol–water partition coefficient (Wildman–Crippen LogP) is 4.18. The van der Waals surface area contributed by atoms with Crippen LogP contribution < -0.4 is 0 Å². The summed E-state index contributed by atoms with van der Waals surface area (Å²) < 4.78 is 1.93. The molecule has 1 unspecified atom stereocenters. The summed E-state index contributed by atoms with van der Waals surface area (Å²) >= 11 is 14.5. The van der Waals surface area contributed by atoms with Crippen LogP contribution in [0.4, 0.5) is 0 Å². The van der Waals surface area contributed by atoms with Crippen molar-refractivity contribution in [3.8, 4) is 0 Å². The number of amides is 1. The monoisotopic (exact) mass is 385 g/mol. The van der Waals surface area contributed by atoms with Crippen LogP contribution in [0.5, 0.6) is 0 Å². The average Bonchev–Trinajstić information content (AvgIpc) is 2.87. The summed E-state index contributed by atoms with van der Waals surface area (Å²) in [6, 6.07) is 1.90. The first kappa shape index (κ1) is 12.9. The van der Waals surface area contributed by atoms with Crippen LogP contribution >= 0.6 is 54.8 Å². The first-order chi connectivity index (χ1) is 7.59. The van der Waals surface area contributed by atoms with E-state index in [1.54, 1.807) is 0 Å². The Kier molecular flexibility index (Phi) is 4.32. The second-order valence-corrected chi connectivity index (χ2v) is 7.36. The molecule has 1 fully saturated rings. The molecule has 2 heterocycles. The highest BCUT2D eigenvalue weighted by Gasteiger charge is 2.27. The Morgan fingerprint density at radius 1 is 1.44 bits per heavy atom. The molecule has 0 bridgehead atoms. The Labute approximate surface area is 120 Å². The molecule has 1 amide bonds. The second kappa shape index (κ2) is 5.38. The standard InChI is InChI=1S/C10H10Br2ClNOS/c11-6-5-7(16-9(6)12)8(13)10(15)14-3-1-2-4-14/h5,8H,1-4H2. The van der Waals surface area contributed by atoms with Gasteiger partial charge < -0.3 is 4.90 Å². The number of carbonyl (C=O) groups excluding carboxylic acids is 1. The van der Waals surface area contributed by atoms with Gasteiger partial charge in [-0.05, 0) is 50.8 Å². The van der Waals surface area contributed by atoms with Gasteiger partial charge in [0.1, 0.15) is 5.38 Å². The van der Waals surface area contributed by atoms with Crippen molar-refractivity contribution >= 4 is 60.7 Å². The summed E-state index contributed by atoms with van der Waals surface area (Å²) in [7, 11) is 0. The third-order valence-corrected chi connectivity index (χ3v) is 6.42. The van der Waals surface area contributed by atoms with Crippen molar-refractivity contribution in [2.24, 2.45) is 0 Å². The van der Waals surface area contributed by atoms with Gasteiger partial charge in [0.25, 0.3) is 0 Å². The third-order valence-electron chi connectivity index (χ3n) is 2.55. The number of hydrogen-bond acceptors (Lipinski definition) is 2. The van der Waals surface area contributed by atoms with Gasteiger partial charge in [-0.15, -0.1) is 22.9 Å². The number of thiophene rings is 1. The van der Waals surface area contributed by atoms with E-state index in [-0.39, 0.29) is 5.91 Å². The van der Waals surface area contributed by atoms with Crippen LogP contribution in [-0.2, 0) is 4.79 Å². The van der Waals surface area contributed by atoms with Crippen LogP contribution in [0.3, 0.4) is 0 Å².